The summed E-state index contributed by atoms with van der Waals surface area (Å²) in [7, 11) is 5.19. The van der Waals surface area contributed by atoms with Crippen molar-refractivity contribution in [2.45, 2.75) is 25.8 Å². The van der Waals surface area contributed by atoms with Gasteiger partial charge in [-0.3, -0.25) is 14.6 Å². The average Bonchev–Trinajstić information content (AvgIpc) is 3.04. The molecule has 2 rings (SSSR count). The molecule has 0 spiro atoms. The van der Waals surface area contributed by atoms with Crippen LogP contribution in [0.25, 0.3) is 0 Å². The van der Waals surface area contributed by atoms with Gasteiger partial charge in [0.2, 0.25) is 11.8 Å². The smallest absolute Gasteiger partial charge is 0.227 e. The summed E-state index contributed by atoms with van der Waals surface area (Å²) in [5.74, 6) is 0.933. The second-order valence-corrected chi connectivity index (χ2v) is 6.21. The van der Waals surface area contributed by atoms with E-state index in [-0.39, 0.29) is 11.8 Å². The summed E-state index contributed by atoms with van der Waals surface area (Å²) < 4.78 is 0. The van der Waals surface area contributed by atoms with Crippen LogP contribution in [-0.2, 0) is 16.1 Å². The minimum Gasteiger partial charge on any atom is -0.356 e. The Morgan fingerprint density at radius 1 is 1.24 bits per heavy atom. The molecule has 2 amide bonds. The summed E-state index contributed by atoms with van der Waals surface area (Å²) in [6.45, 7) is 1.96. The lowest BCUT2D eigenvalue weighted by atomic mass is 10.2. The van der Waals surface area contributed by atoms with Gasteiger partial charge in [-0.15, -0.1) is 0 Å². The van der Waals surface area contributed by atoms with Gasteiger partial charge in [-0.25, -0.2) is 0 Å². The molecule has 1 aromatic rings. The second-order valence-electron chi connectivity index (χ2n) is 6.21. The normalized spacial score (nSPS) is 14.6. The number of hydrogen-bond donors (Lipinski definition) is 2. The van der Waals surface area contributed by atoms with Crippen LogP contribution in [0.5, 0.6) is 0 Å². The van der Waals surface area contributed by atoms with Gasteiger partial charge in [0.05, 0.1) is 0 Å². The first-order valence-electron chi connectivity index (χ1n) is 8.55. The van der Waals surface area contributed by atoms with Gasteiger partial charge in [-0.2, -0.15) is 0 Å². The molecular weight excluding hydrogens is 318 g/mol. The third-order valence-corrected chi connectivity index (χ3v) is 4.14. The number of nitrogens with zero attached hydrogens (tertiary/aromatic N) is 3. The zero-order valence-corrected chi connectivity index (χ0v) is 15.2. The minimum absolute atomic E-state index is 0.0787. The molecule has 1 aliphatic heterocycles. The Morgan fingerprint density at radius 2 is 1.96 bits per heavy atom. The molecule has 1 aliphatic rings. The van der Waals surface area contributed by atoms with Gasteiger partial charge in [0.15, 0.2) is 5.96 Å². The SMILES string of the molecule is CN=C(NCCC(=O)N(C)C)NCc1ccc(N2CCCC2=O)cc1. The zero-order chi connectivity index (χ0) is 18.2. The van der Waals surface area contributed by atoms with E-state index in [0.717, 1.165) is 24.2 Å². The number of carbonyl (C=O) groups excluding carboxylic acids is 2. The van der Waals surface area contributed by atoms with Crippen LogP contribution in [0, 0.1) is 0 Å². The number of hydrogen-bond acceptors (Lipinski definition) is 3. The Hall–Kier alpha value is -2.57. The summed E-state index contributed by atoms with van der Waals surface area (Å²) in [6, 6.07) is 7.98. The molecule has 136 valence electrons. The van der Waals surface area contributed by atoms with Crippen molar-refractivity contribution in [2.75, 3.05) is 39.1 Å². The number of rotatable bonds is 6. The highest BCUT2D eigenvalue weighted by atomic mass is 16.2. The molecule has 1 heterocycles. The number of benzene rings is 1. The van der Waals surface area contributed by atoms with E-state index in [4.69, 9.17) is 0 Å². The van der Waals surface area contributed by atoms with Crippen molar-refractivity contribution in [3.8, 4) is 0 Å². The second kappa shape index (κ2) is 9.05. The molecular formula is C18H27N5O2. The topological polar surface area (TPSA) is 77.0 Å². The van der Waals surface area contributed by atoms with Crippen LogP contribution in [0.2, 0.25) is 0 Å². The van der Waals surface area contributed by atoms with Crippen molar-refractivity contribution in [1.29, 1.82) is 0 Å². The van der Waals surface area contributed by atoms with Gasteiger partial charge in [-0.05, 0) is 24.1 Å². The third kappa shape index (κ3) is 5.48. The van der Waals surface area contributed by atoms with Crippen LogP contribution < -0.4 is 15.5 Å². The molecule has 1 fully saturated rings. The summed E-state index contributed by atoms with van der Waals surface area (Å²) in [6.07, 6.45) is 1.99. The predicted octanol–water partition coefficient (Wildman–Crippen LogP) is 0.957. The van der Waals surface area contributed by atoms with Crippen LogP contribution >= 0.6 is 0 Å². The lowest BCUT2D eigenvalue weighted by molar-refractivity contribution is -0.128. The fraction of sp³-hybridized carbons (Fsp3) is 0.500. The van der Waals surface area contributed by atoms with Gasteiger partial charge in [0.25, 0.3) is 0 Å². The Labute approximate surface area is 149 Å². The lowest BCUT2D eigenvalue weighted by Gasteiger charge is -2.16. The fourth-order valence-corrected chi connectivity index (χ4v) is 2.63. The van der Waals surface area contributed by atoms with Gasteiger partial charge in [0, 0.05) is 59.3 Å². The fourth-order valence-electron chi connectivity index (χ4n) is 2.63. The molecule has 0 bridgehead atoms. The van der Waals surface area contributed by atoms with Crippen LogP contribution in [-0.4, -0.2) is 56.9 Å². The van der Waals surface area contributed by atoms with E-state index in [2.05, 4.69) is 15.6 Å². The van der Waals surface area contributed by atoms with Gasteiger partial charge < -0.3 is 20.4 Å². The van der Waals surface area contributed by atoms with Crippen molar-refractivity contribution < 1.29 is 9.59 Å². The van der Waals surface area contributed by atoms with Gasteiger partial charge >= 0.3 is 0 Å². The number of amides is 2. The summed E-state index contributed by atoms with van der Waals surface area (Å²) in [5.41, 5.74) is 2.05. The van der Waals surface area contributed by atoms with Crippen molar-refractivity contribution in [1.82, 2.24) is 15.5 Å². The summed E-state index contributed by atoms with van der Waals surface area (Å²) in [4.78, 5) is 30.9. The van der Waals surface area contributed by atoms with Crippen molar-refractivity contribution in [3.63, 3.8) is 0 Å². The minimum atomic E-state index is 0.0787. The lowest BCUT2D eigenvalue weighted by Crippen LogP contribution is -2.38. The maximum absolute atomic E-state index is 11.8. The number of nitrogens with one attached hydrogen (secondary N) is 2. The molecule has 0 aromatic heterocycles. The van der Waals surface area contributed by atoms with E-state index in [1.807, 2.05) is 29.2 Å². The molecule has 7 heteroatoms. The maximum Gasteiger partial charge on any atom is 0.227 e. The Morgan fingerprint density at radius 3 is 2.52 bits per heavy atom. The molecule has 0 atom stereocenters. The first-order chi connectivity index (χ1) is 12.0. The van der Waals surface area contributed by atoms with Crippen LogP contribution in [0.3, 0.4) is 0 Å². The quantitative estimate of drug-likeness (QED) is 0.595. The van der Waals surface area contributed by atoms with E-state index in [0.29, 0.717) is 31.9 Å². The highest BCUT2D eigenvalue weighted by Gasteiger charge is 2.21. The standard InChI is InChI=1S/C18H27N5O2/c1-19-18(20-11-10-16(24)22(2)3)21-13-14-6-8-15(9-7-14)23-12-4-5-17(23)25/h6-9H,4-5,10-13H2,1-3H3,(H2,19,20,21). The maximum atomic E-state index is 11.8. The first kappa shape index (κ1) is 18.8. The van der Waals surface area contributed by atoms with E-state index < -0.39 is 0 Å². The molecule has 1 saturated heterocycles. The summed E-state index contributed by atoms with van der Waals surface area (Å²) in [5, 5.41) is 6.35. The zero-order valence-electron chi connectivity index (χ0n) is 15.2. The van der Waals surface area contributed by atoms with Gasteiger partial charge in [-0.1, -0.05) is 12.1 Å². The number of aliphatic imine (C=N–C) groups is 1. The van der Waals surface area contributed by atoms with E-state index >= 15 is 0 Å². The highest BCUT2D eigenvalue weighted by Crippen LogP contribution is 2.21. The van der Waals surface area contributed by atoms with E-state index in [1.54, 1.807) is 26.0 Å². The Bertz CT molecular complexity index is 625. The molecule has 0 aliphatic carbocycles. The Balaban J connectivity index is 1.79. The molecule has 0 unspecified atom stereocenters. The predicted molar refractivity (Wildman–Crippen MR) is 99.5 cm³/mol. The summed E-state index contributed by atoms with van der Waals surface area (Å²) >= 11 is 0. The van der Waals surface area contributed by atoms with E-state index in [1.165, 1.54) is 0 Å². The van der Waals surface area contributed by atoms with Crippen molar-refractivity contribution >= 4 is 23.5 Å². The van der Waals surface area contributed by atoms with Crippen molar-refractivity contribution in [2.24, 2.45) is 4.99 Å². The highest BCUT2D eigenvalue weighted by molar-refractivity contribution is 5.95. The molecule has 0 saturated carbocycles. The number of carbonyl (C=O) groups is 2. The molecule has 2 N–H and O–H groups in total. The largest absolute Gasteiger partial charge is 0.356 e. The van der Waals surface area contributed by atoms with Crippen LogP contribution in [0.1, 0.15) is 24.8 Å². The molecule has 25 heavy (non-hydrogen) atoms. The third-order valence-electron chi connectivity index (χ3n) is 4.14. The molecule has 7 nitrogen and oxygen atoms in total. The average molecular weight is 345 g/mol. The van der Waals surface area contributed by atoms with Crippen molar-refractivity contribution in [3.05, 3.63) is 29.8 Å². The Kier molecular flexibility index (Phi) is 6.80. The van der Waals surface area contributed by atoms with Crippen LogP contribution in [0.15, 0.2) is 29.3 Å². The number of anilines is 1. The molecule has 1 aromatic carbocycles. The van der Waals surface area contributed by atoms with E-state index in [9.17, 15) is 9.59 Å². The van der Waals surface area contributed by atoms with Crippen LogP contribution in [0.4, 0.5) is 5.69 Å². The number of guanidine groups is 1. The first-order valence-corrected chi connectivity index (χ1v) is 8.55. The van der Waals surface area contributed by atoms with Gasteiger partial charge in [0.1, 0.15) is 0 Å². The monoisotopic (exact) mass is 345 g/mol. The molecule has 0 radical (unpaired) electrons.